The Morgan fingerprint density at radius 3 is 3.00 bits per heavy atom. The zero-order valence-corrected chi connectivity index (χ0v) is 9.47. The van der Waals surface area contributed by atoms with Crippen molar-refractivity contribution in [2.24, 2.45) is 0 Å². The molecule has 0 radical (unpaired) electrons. The molecule has 2 atom stereocenters. The maximum Gasteiger partial charge on any atom is 0.337 e. The molecule has 2 saturated heterocycles. The van der Waals surface area contributed by atoms with E-state index < -0.39 is 6.10 Å². The van der Waals surface area contributed by atoms with E-state index in [9.17, 15) is 4.79 Å². The van der Waals surface area contributed by atoms with E-state index in [0.717, 1.165) is 19.5 Å². The molecule has 0 aromatic heterocycles. The van der Waals surface area contributed by atoms with Crippen molar-refractivity contribution in [2.75, 3.05) is 33.4 Å². The van der Waals surface area contributed by atoms with Crippen molar-refractivity contribution in [3.63, 3.8) is 0 Å². The highest BCUT2D eigenvalue weighted by molar-refractivity contribution is 5.85. The molecule has 2 rings (SSSR count). The number of halogens is 1. The summed E-state index contributed by atoms with van der Waals surface area (Å²) in [5, 5.41) is 3.20. The third kappa shape index (κ3) is 2.60. The van der Waals surface area contributed by atoms with E-state index >= 15 is 0 Å². The second-order valence-corrected chi connectivity index (χ2v) is 3.75. The summed E-state index contributed by atoms with van der Waals surface area (Å²) in [6, 6.07) is 0. The smallest absolute Gasteiger partial charge is 0.337 e. The van der Waals surface area contributed by atoms with Gasteiger partial charge in [0.05, 0.1) is 20.3 Å². The number of nitrogens with one attached hydrogen (secondary N) is 1. The van der Waals surface area contributed by atoms with E-state index in [1.54, 1.807) is 0 Å². The summed E-state index contributed by atoms with van der Waals surface area (Å²) >= 11 is 0. The molecule has 1 spiro atoms. The van der Waals surface area contributed by atoms with E-state index in [1.165, 1.54) is 7.11 Å². The quantitative estimate of drug-likeness (QED) is 0.637. The average Bonchev–Trinajstić information content (AvgIpc) is 2.65. The highest BCUT2D eigenvalue weighted by Gasteiger charge is 2.43. The van der Waals surface area contributed by atoms with Crippen LogP contribution in [-0.2, 0) is 19.0 Å². The normalized spacial score (nSPS) is 34.9. The molecule has 15 heavy (non-hydrogen) atoms. The van der Waals surface area contributed by atoms with Gasteiger partial charge in [0.25, 0.3) is 0 Å². The van der Waals surface area contributed by atoms with Crippen LogP contribution in [0.2, 0.25) is 0 Å². The van der Waals surface area contributed by atoms with Crippen LogP contribution in [0.4, 0.5) is 0 Å². The molecule has 2 fully saturated rings. The van der Waals surface area contributed by atoms with Crippen LogP contribution in [0.1, 0.15) is 6.42 Å². The van der Waals surface area contributed by atoms with E-state index in [0.29, 0.717) is 13.2 Å². The molecule has 6 heteroatoms. The van der Waals surface area contributed by atoms with Crippen molar-refractivity contribution < 1.29 is 19.0 Å². The van der Waals surface area contributed by atoms with Gasteiger partial charge >= 0.3 is 5.97 Å². The van der Waals surface area contributed by atoms with Gasteiger partial charge in [-0.3, -0.25) is 0 Å². The van der Waals surface area contributed by atoms with Gasteiger partial charge in [-0.25, -0.2) is 4.79 Å². The molecule has 0 amide bonds. The molecular formula is C9H16ClNO4. The first-order valence-corrected chi connectivity index (χ1v) is 4.80. The Morgan fingerprint density at radius 1 is 1.60 bits per heavy atom. The van der Waals surface area contributed by atoms with Crippen LogP contribution in [0, 0.1) is 0 Å². The number of methoxy groups -OCH3 is 1. The SMILES string of the molecule is COC(=O)C1COCC2(CCNC2)O1.Cl. The van der Waals surface area contributed by atoms with Crippen molar-refractivity contribution in [3.05, 3.63) is 0 Å². The summed E-state index contributed by atoms with van der Waals surface area (Å²) in [5.74, 6) is -0.351. The first-order valence-electron chi connectivity index (χ1n) is 4.80. The van der Waals surface area contributed by atoms with Crippen LogP contribution in [0.5, 0.6) is 0 Å². The first kappa shape index (κ1) is 12.7. The third-order valence-electron chi connectivity index (χ3n) is 2.70. The number of ether oxygens (including phenoxy) is 3. The summed E-state index contributed by atoms with van der Waals surface area (Å²) < 4.78 is 15.7. The highest BCUT2D eigenvalue weighted by atomic mass is 35.5. The summed E-state index contributed by atoms with van der Waals surface area (Å²) in [7, 11) is 1.36. The Bertz CT molecular complexity index is 230. The van der Waals surface area contributed by atoms with E-state index in [-0.39, 0.29) is 24.0 Å². The molecule has 0 bridgehead atoms. The van der Waals surface area contributed by atoms with Crippen molar-refractivity contribution in [1.29, 1.82) is 0 Å². The number of carbonyl (C=O) groups excluding carboxylic acids is 1. The molecule has 0 aliphatic carbocycles. The summed E-state index contributed by atoms with van der Waals surface area (Å²) in [4.78, 5) is 11.3. The van der Waals surface area contributed by atoms with E-state index in [2.05, 4.69) is 10.1 Å². The van der Waals surface area contributed by atoms with Crippen LogP contribution in [0.25, 0.3) is 0 Å². The number of hydrogen-bond acceptors (Lipinski definition) is 5. The summed E-state index contributed by atoms with van der Waals surface area (Å²) in [5.41, 5.74) is -0.308. The predicted molar refractivity (Wildman–Crippen MR) is 55.2 cm³/mol. The molecule has 1 N–H and O–H groups in total. The molecule has 0 saturated carbocycles. The Labute approximate surface area is 94.9 Å². The lowest BCUT2D eigenvalue weighted by Crippen LogP contribution is -2.51. The molecule has 0 aromatic rings. The molecular weight excluding hydrogens is 222 g/mol. The van der Waals surface area contributed by atoms with E-state index in [1.807, 2.05) is 0 Å². The summed E-state index contributed by atoms with van der Waals surface area (Å²) in [6.07, 6.45) is 0.328. The second-order valence-electron chi connectivity index (χ2n) is 3.75. The van der Waals surface area contributed by atoms with Crippen molar-refractivity contribution in [3.8, 4) is 0 Å². The lowest BCUT2D eigenvalue weighted by atomic mass is 10.0. The third-order valence-corrected chi connectivity index (χ3v) is 2.70. The average molecular weight is 238 g/mol. The topological polar surface area (TPSA) is 56.8 Å². The molecule has 2 heterocycles. The van der Waals surface area contributed by atoms with Gasteiger partial charge in [0.15, 0.2) is 6.10 Å². The largest absolute Gasteiger partial charge is 0.467 e. The van der Waals surface area contributed by atoms with Gasteiger partial charge in [0.1, 0.15) is 5.60 Å². The minimum absolute atomic E-state index is 0. The zero-order chi connectivity index (χ0) is 10.0. The minimum atomic E-state index is -0.561. The number of rotatable bonds is 1. The Kier molecular flexibility index (Phi) is 4.33. The highest BCUT2D eigenvalue weighted by Crippen LogP contribution is 2.26. The van der Waals surface area contributed by atoms with Gasteiger partial charge in [-0.05, 0) is 13.0 Å². The fraction of sp³-hybridized carbons (Fsp3) is 0.889. The van der Waals surface area contributed by atoms with Crippen LogP contribution in [0.15, 0.2) is 0 Å². The molecule has 0 aromatic carbocycles. The van der Waals surface area contributed by atoms with Gasteiger partial charge in [-0.1, -0.05) is 0 Å². The number of hydrogen-bond donors (Lipinski definition) is 1. The van der Waals surface area contributed by atoms with Crippen LogP contribution >= 0.6 is 12.4 Å². The van der Waals surface area contributed by atoms with Crippen molar-refractivity contribution >= 4 is 18.4 Å². The first-order chi connectivity index (χ1) is 6.76. The minimum Gasteiger partial charge on any atom is -0.467 e. The van der Waals surface area contributed by atoms with Gasteiger partial charge in [0.2, 0.25) is 0 Å². The van der Waals surface area contributed by atoms with Gasteiger partial charge in [0, 0.05) is 6.54 Å². The maximum absolute atomic E-state index is 11.3. The zero-order valence-electron chi connectivity index (χ0n) is 8.65. The van der Waals surface area contributed by atoms with Gasteiger partial charge in [-0.2, -0.15) is 0 Å². The fourth-order valence-electron chi connectivity index (χ4n) is 1.91. The fourth-order valence-corrected chi connectivity index (χ4v) is 1.91. The molecule has 2 unspecified atom stereocenters. The number of carbonyl (C=O) groups is 1. The van der Waals surface area contributed by atoms with Gasteiger partial charge in [-0.15, -0.1) is 12.4 Å². The lowest BCUT2D eigenvalue weighted by Gasteiger charge is -2.36. The Hall–Kier alpha value is -0.360. The van der Waals surface area contributed by atoms with Crippen LogP contribution in [-0.4, -0.2) is 51.1 Å². The maximum atomic E-state index is 11.3. The molecule has 2 aliphatic rings. The lowest BCUT2D eigenvalue weighted by molar-refractivity contribution is -0.206. The standard InChI is InChI=1S/C9H15NO4.ClH/c1-12-8(11)7-4-13-6-9(14-7)2-3-10-5-9;/h7,10H,2-6H2,1H3;1H. The molecule has 2 aliphatic heterocycles. The van der Waals surface area contributed by atoms with Crippen molar-refractivity contribution in [2.45, 2.75) is 18.1 Å². The Balaban J connectivity index is 0.00000112. The monoisotopic (exact) mass is 237 g/mol. The molecule has 88 valence electrons. The predicted octanol–water partition coefficient (Wildman–Crippen LogP) is -0.271. The molecule has 5 nitrogen and oxygen atoms in total. The summed E-state index contributed by atoms with van der Waals surface area (Å²) in [6.45, 7) is 2.53. The van der Waals surface area contributed by atoms with Gasteiger partial charge < -0.3 is 19.5 Å². The Morgan fingerprint density at radius 2 is 2.40 bits per heavy atom. The van der Waals surface area contributed by atoms with Crippen LogP contribution < -0.4 is 5.32 Å². The van der Waals surface area contributed by atoms with E-state index in [4.69, 9.17) is 9.47 Å². The van der Waals surface area contributed by atoms with Crippen LogP contribution in [0.3, 0.4) is 0 Å². The number of esters is 1. The van der Waals surface area contributed by atoms with Crippen molar-refractivity contribution in [1.82, 2.24) is 5.32 Å². The second kappa shape index (κ2) is 5.12.